The van der Waals surface area contributed by atoms with Crippen molar-refractivity contribution in [1.82, 2.24) is 25.2 Å². The van der Waals surface area contributed by atoms with Crippen LogP contribution in [-0.4, -0.2) is 42.3 Å². The number of pyridine rings is 1. The van der Waals surface area contributed by atoms with E-state index in [9.17, 15) is 9.59 Å². The van der Waals surface area contributed by atoms with Crippen molar-refractivity contribution >= 4 is 23.6 Å². The molecular weight excluding hydrogens is 266 g/mol. The first-order valence-corrected chi connectivity index (χ1v) is 5.51. The van der Waals surface area contributed by atoms with Crippen LogP contribution in [0.1, 0.15) is 5.69 Å². The molecule has 0 fully saturated rings. The van der Waals surface area contributed by atoms with E-state index in [1.807, 2.05) is 0 Å². The SMILES string of the molecule is Cn1nnc(NC(=O)Nc2ccc(CC(=O)O)nc2)n1. The summed E-state index contributed by atoms with van der Waals surface area (Å²) in [4.78, 5) is 27.2. The second-order valence-corrected chi connectivity index (χ2v) is 3.79. The Hall–Kier alpha value is -3.04. The zero-order chi connectivity index (χ0) is 14.5. The lowest BCUT2D eigenvalue weighted by molar-refractivity contribution is -0.136. The number of hydrogen-bond acceptors (Lipinski definition) is 6. The van der Waals surface area contributed by atoms with Gasteiger partial charge < -0.3 is 10.4 Å². The van der Waals surface area contributed by atoms with Crippen molar-refractivity contribution in [3.63, 3.8) is 0 Å². The minimum absolute atomic E-state index is 0.0699. The summed E-state index contributed by atoms with van der Waals surface area (Å²) in [7, 11) is 1.57. The highest BCUT2D eigenvalue weighted by Crippen LogP contribution is 2.07. The summed E-state index contributed by atoms with van der Waals surface area (Å²) in [5, 5.41) is 24.4. The zero-order valence-corrected chi connectivity index (χ0v) is 10.4. The highest BCUT2D eigenvalue weighted by Gasteiger charge is 2.07. The van der Waals surface area contributed by atoms with Crippen molar-refractivity contribution < 1.29 is 14.7 Å². The van der Waals surface area contributed by atoms with Gasteiger partial charge in [-0.1, -0.05) is 5.10 Å². The third kappa shape index (κ3) is 3.73. The Labute approximate surface area is 112 Å². The van der Waals surface area contributed by atoms with Gasteiger partial charge in [-0.2, -0.15) is 4.80 Å². The Kier molecular flexibility index (Phi) is 3.84. The number of rotatable bonds is 4. The standard InChI is InChI=1S/C10H11N7O3/c1-17-15-9(14-16-17)13-10(20)12-7-3-2-6(11-5-7)4-8(18)19/h2-3,5H,4H2,1H3,(H,18,19)(H2,12,13,15,20). The number of carbonyl (C=O) groups is 2. The lowest BCUT2D eigenvalue weighted by atomic mass is 10.2. The number of urea groups is 1. The van der Waals surface area contributed by atoms with Crippen LogP contribution >= 0.6 is 0 Å². The van der Waals surface area contributed by atoms with Gasteiger partial charge in [-0.15, -0.1) is 5.10 Å². The normalized spacial score (nSPS) is 10.1. The monoisotopic (exact) mass is 277 g/mol. The fraction of sp³-hybridized carbons (Fsp3) is 0.200. The Morgan fingerprint density at radius 2 is 2.15 bits per heavy atom. The smallest absolute Gasteiger partial charge is 0.326 e. The van der Waals surface area contributed by atoms with Crippen LogP contribution < -0.4 is 10.6 Å². The molecule has 0 spiro atoms. The highest BCUT2D eigenvalue weighted by atomic mass is 16.4. The molecule has 0 aromatic carbocycles. The van der Waals surface area contributed by atoms with E-state index in [0.29, 0.717) is 11.4 Å². The molecule has 0 radical (unpaired) electrons. The molecule has 10 nitrogen and oxygen atoms in total. The Balaban J connectivity index is 1.92. The van der Waals surface area contributed by atoms with Crippen molar-refractivity contribution in [2.24, 2.45) is 7.05 Å². The molecule has 0 atom stereocenters. The predicted molar refractivity (Wildman–Crippen MR) is 67.0 cm³/mol. The van der Waals surface area contributed by atoms with Crippen LogP contribution in [0.25, 0.3) is 0 Å². The quantitative estimate of drug-likeness (QED) is 0.708. The van der Waals surface area contributed by atoms with Crippen LogP contribution in [0.2, 0.25) is 0 Å². The van der Waals surface area contributed by atoms with Gasteiger partial charge in [0.2, 0.25) is 0 Å². The van der Waals surface area contributed by atoms with Gasteiger partial charge in [0.05, 0.1) is 31.0 Å². The minimum atomic E-state index is -0.968. The molecule has 0 aliphatic rings. The van der Waals surface area contributed by atoms with Gasteiger partial charge in [0, 0.05) is 0 Å². The number of anilines is 2. The molecule has 0 aliphatic carbocycles. The summed E-state index contributed by atoms with van der Waals surface area (Å²) in [5.74, 6) is -0.898. The predicted octanol–water partition coefficient (Wildman–Crippen LogP) is -0.124. The Morgan fingerprint density at radius 3 is 2.70 bits per heavy atom. The number of aromatic nitrogens is 5. The van der Waals surface area contributed by atoms with Crippen LogP contribution in [0.3, 0.4) is 0 Å². The number of carbonyl (C=O) groups excluding carboxylic acids is 1. The molecule has 0 unspecified atom stereocenters. The summed E-state index contributed by atoms with van der Waals surface area (Å²) in [5.41, 5.74) is 0.819. The molecule has 0 saturated heterocycles. The number of carboxylic acid groups (broad SMARTS) is 1. The van der Waals surface area contributed by atoms with Crippen LogP contribution in [0.4, 0.5) is 16.4 Å². The van der Waals surface area contributed by atoms with Gasteiger partial charge in [0.1, 0.15) is 0 Å². The molecule has 0 saturated carbocycles. The number of amides is 2. The van der Waals surface area contributed by atoms with E-state index in [1.165, 1.54) is 17.1 Å². The molecule has 2 rings (SSSR count). The minimum Gasteiger partial charge on any atom is -0.481 e. The second-order valence-electron chi connectivity index (χ2n) is 3.79. The van der Waals surface area contributed by atoms with E-state index < -0.39 is 12.0 Å². The first-order valence-electron chi connectivity index (χ1n) is 5.51. The van der Waals surface area contributed by atoms with Crippen LogP contribution in [0.5, 0.6) is 0 Å². The third-order valence-electron chi connectivity index (χ3n) is 2.15. The van der Waals surface area contributed by atoms with Crippen molar-refractivity contribution in [1.29, 1.82) is 0 Å². The average molecular weight is 277 g/mol. The molecule has 2 amide bonds. The lowest BCUT2D eigenvalue weighted by Crippen LogP contribution is -2.20. The number of carboxylic acids is 1. The molecule has 2 aromatic heterocycles. The molecule has 0 aliphatic heterocycles. The molecule has 0 bridgehead atoms. The molecule has 10 heteroatoms. The first-order chi connectivity index (χ1) is 9.52. The summed E-state index contributed by atoms with van der Waals surface area (Å²) in [6, 6.07) is 2.52. The molecule has 2 heterocycles. The van der Waals surface area contributed by atoms with E-state index in [2.05, 4.69) is 31.0 Å². The van der Waals surface area contributed by atoms with Gasteiger partial charge in [-0.25, -0.2) is 4.79 Å². The van der Waals surface area contributed by atoms with Gasteiger partial charge in [-0.05, 0) is 17.3 Å². The van der Waals surface area contributed by atoms with E-state index in [4.69, 9.17) is 5.11 Å². The summed E-state index contributed by atoms with van der Waals surface area (Å²) >= 11 is 0. The summed E-state index contributed by atoms with van der Waals surface area (Å²) < 4.78 is 0. The maximum atomic E-state index is 11.6. The molecule has 20 heavy (non-hydrogen) atoms. The zero-order valence-electron chi connectivity index (χ0n) is 10.4. The third-order valence-corrected chi connectivity index (χ3v) is 2.15. The topological polar surface area (TPSA) is 135 Å². The fourth-order valence-electron chi connectivity index (χ4n) is 1.36. The molecule has 3 N–H and O–H groups in total. The van der Waals surface area contributed by atoms with Gasteiger partial charge in [0.25, 0.3) is 5.95 Å². The number of aliphatic carboxylic acids is 1. The number of nitrogens with one attached hydrogen (secondary N) is 2. The maximum Gasteiger partial charge on any atom is 0.326 e. The van der Waals surface area contributed by atoms with E-state index in [0.717, 1.165) is 0 Å². The fourth-order valence-corrected chi connectivity index (χ4v) is 1.36. The van der Waals surface area contributed by atoms with E-state index in [1.54, 1.807) is 13.1 Å². The Morgan fingerprint density at radius 1 is 1.35 bits per heavy atom. The molecule has 2 aromatic rings. The van der Waals surface area contributed by atoms with E-state index in [-0.39, 0.29) is 12.4 Å². The maximum absolute atomic E-state index is 11.6. The van der Waals surface area contributed by atoms with Gasteiger partial charge in [-0.3, -0.25) is 15.1 Å². The Bertz CT molecular complexity index is 622. The number of aryl methyl sites for hydroxylation is 1. The van der Waals surface area contributed by atoms with Gasteiger partial charge >= 0.3 is 12.0 Å². The number of tetrazole rings is 1. The summed E-state index contributed by atoms with van der Waals surface area (Å²) in [6.45, 7) is 0. The van der Waals surface area contributed by atoms with Crippen molar-refractivity contribution in [2.75, 3.05) is 10.6 Å². The highest BCUT2D eigenvalue weighted by molar-refractivity contribution is 5.98. The molecule has 104 valence electrons. The van der Waals surface area contributed by atoms with Crippen molar-refractivity contribution in [3.8, 4) is 0 Å². The van der Waals surface area contributed by atoms with E-state index >= 15 is 0 Å². The number of nitrogens with zero attached hydrogens (tertiary/aromatic N) is 5. The van der Waals surface area contributed by atoms with Crippen LogP contribution in [-0.2, 0) is 18.3 Å². The largest absolute Gasteiger partial charge is 0.481 e. The van der Waals surface area contributed by atoms with Crippen molar-refractivity contribution in [3.05, 3.63) is 24.0 Å². The summed E-state index contributed by atoms with van der Waals surface area (Å²) in [6.07, 6.45) is 1.19. The lowest BCUT2D eigenvalue weighted by Gasteiger charge is -2.04. The molecular formula is C10H11N7O3. The first kappa shape index (κ1) is 13.4. The van der Waals surface area contributed by atoms with Gasteiger partial charge in [0.15, 0.2) is 0 Å². The van der Waals surface area contributed by atoms with Crippen LogP contribution in [0.15, 0.2) is 18.3 Å². The van der Waals surface area contributed by atoms with Crippen LogP contribution in [0, 0.1) is 0 Å². The average Bonchev–Trinajstić information content (AvgIpc) is 2.76. The second kappa shape index (κ2) is 5.73. The number of hydrogen-bond donors (Lipinski definition) is 3. The van der Waals surface area contributed by atoms with Crippen molar-refractivity contribution in [2.45, 2.75) is 6.42 Å².